The number of nitrogens with zero attached hydrogens (tertiary/aromatic N) is 2. The Morgan fingerprint density at radius 1 is 1.29 bits per heavy atom. The molecule has 7 nitrogen and oxygen atoms in total. The Hall–Kier alpha value is -2.57. The number of benzene rings is 1. The normalized spacial score (nSPS) is 13.3. The second-order valence-electron chi connectivity index (χ2n) is 5.01. The average molecular weight is 288 g/mol. The summed E-state index contributed by atoms with van der Waals surface area (Å²) < 4.78 is 10.9. The molecular weight excluding hydrogens is 272 g/mol. The Labute approximate surface area is 121 Å². The van der Waals surface area contributed by atoms with Gasteiger partial charge < -0.3 is 14.8 Å². The zero-order valence-electron chi connectivity index (χ0n) is 11.8. The number of ether oxygens (including phenoxy) is 2. The highest BCUT2D eigenvalue weighted by atomic mass is 16.6. The van der Waals surface area contributed by atoms with Crippen molar-refractivity contribution in [1.82, 2.24) is 15.2 Å². The summed E-state index contributed by atoms with van der Waals surface area (Å²) in [6.07, 6.45) is 0. The van der Waals surface area contributed by atoms with Gasteiger partial charge >= 0.3 is 0 Å². The molecule has 2 aromatic rings. The molecule has 1 amide bonds. The fourth-order valence-corrected chi connectivity index (χ4v) is 1.94. The molecule has 7 heteroatoms. The number of carbonyl (C=O) groups is 1. The molecule has 0 atom stereocenters. The fourth-order valence-electron chi connectivity index (χ4n) is 1.94. The molecule has 0 unspecified atom stereocenters. The summed E-state index contributed by atoms with van der Waals surface area (Å²) in [5.41, 5.74) is 0.611. The van der Waals surface area contributed by atoms with Crippen LogP contribution in [0.3, 0.4) is 0 Å². The third-order valence-electron chi connectivity index (χ3n) is 3.05. The van der Waals surface area contributed by atoms with Crippen LogP contribution >= 0.6 is 0 Å². The summed E-state index contributed by atoms with van der Waals surface area (Å²) >= 11 is 0. The number of anilines is 1. The minimum Gasteiger partial charge on any atom is -0.486 e. The second-order valence-corrected chi connectivity index (χ2v) is 5.01. The van der Waals surface area contributed by atoms with Gasteiger partial charge in [0.2, 0.25) is 5.82 Å². The smallest absolute Gasteiger partial charge is 0.295 e. The first-order valence-electron chi connectivity index (χ1n) is 6.77. The van der Waals surface area contributed by atoms with Crippen molar-refractivity contribution in [1.29, 1.82) is 0 Å². The number of H-pyrrole nitrogens is 1. The van der Waals surface area contributed by atoms with E-state index in [1.54, 1.807) is 18.2 Å². The van der Waals surface area contributed by atoms with Crippen molar-refractivity contribution < 1.29 is 14.3 Å². The van der Waals surface area contributed by atoms with Gasteiger partial charge in [-0.1, -0.05) is 13.8 Å². The van der Waals surface area contributed by atoms with E-state index in [1.807, 2.05) is 13.8 Å². The number of nitrogens with one attached hydrogen (secondary N) is 2. The predicted molar refractivity (Wildman–Crippen MR) is 75.9 cm³/mol. The lowest BCUT2D eigenvalue weighted by Gasteiger charge is -2.18. The molecule has 1 aromatic heterocycles. The molecule has 3 rings (SSSR count). The number of hydrogen-bond acceptors (Lipinski definition) is 5. The number of hydrogen-bond donors (Lipinski definition) is 2. The Morgan fingerprint density at radius 2 is 2.05 bits per heavy atom. The van der Waals surface area contributed by atoms with E-state index >= 15 is 0 Å². The van der Waals surface area contributed by atoms with Crippen LogP contribution in [0, 0.1) is 0 Å². The van der Waals surface area contributed by atoms with Crippen molar-refractivity contribution in [2.75, 3.05) is 18.5 Å². The number of amides is 1. The van der Waals surface area contributed by atoms with Crippen LogP contribution in [0.15, 0.2) is 18.2 Å². The van der Waals surface area contributed by atoms with Gasteiger partial charge in [0.1, 0.15) is 19.0 Å². The molecule has 2 N–H and O–H groups in total. The molecule has 0 radical (unpaired) electrons. The SMILES string of the molecule is CC(C)c1nc(C(=O)Nc2ccc3c(c2)OCCO3)n[nH]1. The molecule has 110 valence electrons. The van der Waals surface area contributed by atoms with E-state index in [0.717, 1.165) is 0 Å². The summed E-state index contributed by atoms with van der Waals surface area (Å²) in [6, 6.07) is 5.24. The lowest BCUT2D eigenvalue weighted by molar-refractivity contribution is 0.101. The first-order chi connectivity index (χ1) is 10.1. The summed E-state index contributed by atoms with van der Waals surface area (Å²) in [5, 5.41) is 9.41. The fraction of sp³-hybridized carbons (Fsp3) is 0.357. The van der Waals surface area contributed by atoms with Gasteiger partial charge in [-0.15, -0.1) is 5.10 Å². The van der Waals surface area contributed by atoms with Crippen molar-refractivity contribution in [3.63, 3.8) is 0 Å². The minimum atomic E-state index is -0.366. The zero-order chi connectivity index (χ0) is 14.8. The van der Waals surface area contributed by atoms with E-state index in [-0.39, 0.29) is 17.6 Å². The van der Waals surface area contributed by atoms with Crippen LogP contribution in [-0.4, -0.2) is 34.3 Å². The van der Waals surface area contributed by atoms with Gasteiger partial charge in [0.25, 0.3) is 5.91 Å². The highest BCUT2D eigenvalue weighted by molar-refractivity contribution is 6.01. The number of carbonyl (C=O) groups excluding carboxylic acids is 1. The third-order valence-corrected chi connectivity index (χ3v) is 3.05. The van der Waals surface area contributed by atoms with Gasteiger partial charge in [0.05, 0.1) is 0 Å². The first kappa shape index (κ1) is 13.4. The lowest BCUT2D eigenvalue weighted by Crippen LogP contribution is -2.17. The molecule has 1 aromatic carbocycles. The monoisotopic (exact) mass is 288 g/mol. The van der Waals surface area contributed by atoms with Crippen molar-refractivity contribution in [3.8, 4) is 11.5 Å². The Kier molecular flexibility index (Phi) is 3.47. The number of rotatable bonds is 3. The van der Waals surface area contributed by atoms with Crippen LogP contribution < -0.4 is 14.8 Å². The minimum absolute atomic E-state index is 0.119. The van der Waals surface area contributed by atoms with Crippen LogP contribution in [-0.2, 0) is 0 Å². The molecule has 1 aliphatic rings. The van der Waals surface area contributed by atoms with E-state index in [1.165, 1.54) is 0 Å². The van der Waals surface area contributed by atoms with Crippen LogP contribution in [0.1, 0.15) is 36.2 Å². The van der Waals surface area contributed by atoms with Crippen LogP contribution in [0.5, 0.6) is 11.5 Å². The Balaban J connectivity index is 1.74. The molecule has 0 saturated heterocycles. The molecule has 21 heavy (non-hydrogen) atoms. The van der Waals surface area contributed by atoms with Crippen molar-refractivity contribution >= 4 is 11.6 Å². The number of aromatic amines is 1. The molecule has 0 aliphatic carbocycles. The molecule has 0 spiro atoms. The van der Waals surface area contributed by atoms with E-state index < -0.39 is 0 Å². The summed E-state index contributed by atoms with van der Waals surface area (Å²) in [5.74, 6) is 1.93. The third kappa shape index (κ3) is 2.81. The van der Waals surface area contributed by atoms with Crippen molar-refractivity contribution in [2.45, 2.75) is 19.8 Å². The second kappa shape index (κ2) is 5.43. The van der Waals surface area contributed by atoms with E-state index in [0.29, 0.717) is 36.2 Å². The zero-order valence-corrected chi connectivity index (χ0v) is 11.8. The average Bonchev–Trinajstić information content (AvgIpc) is 2.97. The number of fused-ring (bicyclic) bond motifs is 1. The van der Waals surface area contributed by atoms with Gasteiger partial charge in [-0.05, 0) is 12.1 Å². The Morgan fingerprint density at radius 3 is 2.76 bits per heavy atom. The van der Waals surface area contributed by atoms with Crippen LogP contribution in [0.25, 0.3) is 0 Å². The molecule has 0 saturated carbocycles. The van der Waals surface area contributed by atoms with E-state index in [4.69, 9.17) is 9.47 Å². The lowest BCUT2D eigenvalue weighted by atomic mass is 10.2. The topological polar surface area (TPSA) is 89.1 Å². The maximum absolute atomic E-state index is 12.1. The van der Waals surface area contributed by atoms with Gasteiger partial charge in [0, 0.05) is 17.7 Å². The number of aromatic nitrogens is 3. The van der Waals surface area contributed by atoms with Crippen molar-refractivity contribution in [2.24, 2.45) is 0 Å². The molecule has 1 aliphatic heterocycles. The van der Waals surface area contributed by atoms with E-state index in [9.17, 15) is 4.79 Å². The molecule has 2 heterocycles. The summed E-state index contributed by atoms with van der Waals surface area (Å²) in [6.45, 7) is 4.99. The standard InChI is InChI=1S/C14H16N4O3/c1-8(2)12-16-13(18-17-12)14(19)15-9-3-4-10-11(7-9)21-6-5-20-10/h3-4,7-8H,5-6H2,1-2H3,(H,15,19)(H,16,17,18). The molecule has 0 fully saturated rings. The summed E-state index contributed by atoms with van der Waals surface area (Å²) in [7, 11) is 0. The van der Waals surface area contributed by atoms with Gasteiger partial charge in [-0.3, -0.25) is 9.89 Å². The maximum atomic E-state index is 12.1. The Bertz CT molecular complexity index is 666. The van der Waals surface area contributed by atoms with Gasteiger partial charge in [-0.25, -0.2) is 4.98 Å². The molecule has 0 bridgehead atoms. The maximum Gasteiger partial charge on any atom is 0.295 e. The van der Waals surface area contributed by atoms with Crippen LogP contribution in [0.2, 0.25) is 0 Å². The summed E-state index contributed by atoms with van der Waals surface area (Å²) in [4.78, 5) is 16.2. The molecular formula is C14H16N4O3. The van der Waals surface area contributed by atoms with Gasteiger partial charge in [0.15, 0.2) is 11.5 Å². The highest BCUT2D eigenvalue weighted by Crippen LogP contribution is 2.32. The highest BCUT2D eigenvalue weighted by Gasteiger charge is 2.16. The van der Waals surface area contributed by atoms with E-state index in [2.05, 4.69) is 20.5 Å². The van der Waals surface area contributed by atoms with Crippen molar-refractivity contribution in [3.05, 3.63) is 29.8 Å². The van der Waals surface area contributed by atoms with Gasteiger partial charge in [-0.2, -0.15) is 0 Å². The largest absolute Gasteiger partial charge is 0.486 e. The van der Waals surface area contributed by atoms with Crippen LogP contribution in [0.4, 0.5) is 5.69 Å². The predicted octanol–water partition coefficient (Wildman–Crippen LogP) is 1.95. The first-order valence-corrected chi connectivity index (χ1v) is 6.77. The quantitative estimate of drug-likeness (QED) is 0.901.